The van der Waals surface area contributed by atoms with E-state index in [1.54, 1.807) is 19.9 Å². The molecule has 0 radical (unpaired) electrons. The van der Waals surface area contributed by atoms with Crippen molar-refractivity contribution in [2.45, 2.75) is 31.3 Å². The van der Waals surface area contributed by atoms with Gasteiger partial charge in [0, 0.05) is 18.7 Å². The second kappa shape index (κ2) is 7.02. The van der Waals surface area contributed by atoms with Crippen LogP contribution < -0.4 is 10.5 Å². The molecule has 8 heteroatoms. The Balaban J connectivity index is 3.03. The van der Waals surface area contributed by atoms with Gasteiger partial charge in [-0.3, -0.25) is 0 Å². The fourth-order valence-corrected chi connectivity index (χ4v) is 3.50. The molecule has 1 rings (SSSR count). The quantitative estimate of drug-likeness (QED) is 0.736. The van der Waals surface area contributed by atoms with Gasteiger partial charge in [-0.05, 0) is 32.9 Å². The first kappa shape index (κ1) is 18.3. The van der Waals surface area contributed by atoms with E-state index < -0.39 is 15.6 Å². The summed E-state index contributed by atoms with van der Waals surface area (Å²) in [4.78, 5) is 0.0551. The third kappa shape index (κ3) is 5.19. The molecule has 21 heavy (non-hydrogen) atoms. The van der Waals surface area contributed by atoms with Gasteiger partial charge in [0.1, 0.15) is 9.88 Å². The molecule has 0 saturated carbocycles. The van der Waals surface area contributed by atoms with Crippen LogP contribution in [0.25, 0.3) is 0 Å². The molecule has 0 spiro atoms. The summed E-state index contributed by atoms with van der Waals surface area (Å²) in [5.74, 6) is 0. The molecule has 0 saturated heterocycles. The average Bonchev–Trinajstić information content (AvgIpc) is 2.36. The number of halogens is 1. The summed E-state index contributed by atoms with van der Waals surface area (Å²) in [5, 5.41) is 0.108. The van der Waals surface area contributed by atoms with Crippen LogP contribution in [0.5, 0.6) is 0 Å². The van der Waals surface area contributed by atoms with Crippen LogP contribution in [0.4, 0.5) is 0 Å². The maximum atomic E-state index is 12.3. The molecular formula is C13H19ClN2O3S2. The molecule has 1 aromatic carbocycles. The fraction of sp³-hybridized carbons (Fsp3) is 0.462. The van der Waals surface area contributed by atoms with Crippen molar-refractivity contribution in [1.82, 2.24) is 4.72 Å². The Labute approximate surface area is 135 Å². The highest BCUT2D eigenvalue weighted by Crippen LogP contribution is 2.23. The average molecular weight is 351 g/mol. The second-order valence-electron chi connectivity index (χ2n) is 5.03. The molecule has 3 N–H and O–H groups in total. The van der Waals surface area contributed by atoms with Crippen LogP contribution in [-0.4, -0.2) is 32.2 Å². The van der Waals surface area contributed by atoms with Gasteiger partial charge in [0.2, 0.25) is 10.0 Å². The van der Waals surface area contributed by atoms with E-state index in [2.05, 4.69) is 4.72 Å². The van der Waals surface area contributed by atoms with Gasteiger partial charge in [-0.25, -0.2) is 13.1 Å². The highest BCUT2D eigenvalue weighted by molar-refractivity contribution is 7.89. The third-order valence-corrected chi connectivity index (χ3v) is 4.85. The predicted molar refractivity (Wildman–Crippen MR) is 88.2 cm³/mol. The minimum atomic E-state index is -3.78. The standard InChI is InChI=1S/C13H19ClN2O3S2/c1-4-19-13(2,3)8-16-21(17,18)11-7-9(12(15)20)5-6-10(11)14/h5-7,16H,4,8H2,1-3H3,(H2,15,20). The molecule has 0 aliphatic carbocycles. The Morgan fingerprint density at radius 1 is 1.48 bits per heavy atom. The first-order valence-electron chi connectivity index (χ1n) is 6.32. The number of benzene rings is 1. The summed E-state index contributed by atoms with van der Waals surface area (Å²) in [5.41, 5.74) is 5.34. The van der Waals surface area contributed by atoms with Gasteiger partial charge in [0.25, 0.3) is 0 Å². The van der Waals surface area contributed by atoms with Gasteiger partial charge in [0.05, 0.1) is 10.6 Å². The molecule has 5 nitrogen and oxygen atoms in total. The van der Waals surface area contributed by atoms with Gasteiger partial charge in [-0.1, -0.05) is 29.9 Å². The Morgan fingerprint density at radius 3 is 2.62 bits per heavy atom. The van der Waals surface area contributed by atoms with Crippen LogP contribution in [0.2, 0.25) is 5.02 Å². The number of thiocarbonyl (C=S) groups is 1. The number of nitrogens with two attached hydrogens (primary N) is 1. The lowest BCUT2D eigenvalue weighted by atomic mass is 10.1. The largest absolute Gasteiger partial charge is 0.389 e. The zero-order valence-corrected chi connectivity index (χ0v) is 14.5. The fourth-order valence-electron chi connectivity index (χ4n) is 1.65. The van der Waals surface area contributed by atoms with Crippen molar-refractivity contribution in [1.29, 1.82) is 0 Å². The molecule has 0 aliphatic rings. The monoisotopic (exact) mass is 350 g/mol. The molecule has 0 heterocycles. The minimum Gasteiger partial charge on any atom is -0.389 e. The molecule has 1 aromatic rings. The molecule has 0 unspecified atom stereocenters. The van der Waals surface area contributed by atoms with Crippen molar-refractivity contribution in [3.63, 3.8) is 0 Å². The Kier molecular flexibility index (Phi) is 6.12. The maximum Gasteiger partial charge on any atom is 0.242 e. The Hall–Kier alpha value is -0.730. The smallest absolute Gasteiger partial charge is 0.242 e. The van der Waals surface area contributed by atoms with Gasteiger partial charge in [0.15, 0.2) is 0 Å². The lowest BCUT2D eigenvalue weighted by Gasteiger charge is -2.25. The second-order valence-corrected chi connectivity index (χ2v) is 7.61. The molecular weight excluding hydrogens is 332 g/mol. The third-order valence-electron chi connectivity index (χ3n) is 2.73. The van der Waals surface area contributed by atoms with Crippen molar-refractivity contribution in [2.24, 2.45) is 5.73 Å². The lowest BCUT2D eigenvalue weighted by molar-refractivity contribution is -0.00515. The molecule has 0 fully saturated rings. The van der Waals surface area contributed by atoms with E-state index in [0.717, 1.165) is 0 Å². The number of hydrogen-bond donors (Lipinski definition) is 2. The van der Waals surface area contributed by atoms with E-state index in [1.165, 1.54) is 12.1 Å². The molecule has 0 bridgehead atoms. The van der Waals surface area contributed by atoms with Gasteiger partial charge < -0.3 is 10.5 Å². The van der Waals surface area contributed by atoms with Crippen molar-refractivity contribution in [3.8, 4) is 0 Å². The van der Waals surface area contributed by atoms with Crippen LogP contribution in [0, 0.1) is 0 Å². The van der Waals surface area contributed by atoms with Crippen molar-refractivity contribution in [3.05, 3.63) is 28.8 Å². The highest BCUT2D eigenvalue weighted by Gasteiger charge is 2.24. The molecule has 118 valence electrons. The van der Waals surface area contributed by atoms with Crippen LogP contribution in [0.15, 0.2) is 23.1 Å². The Morgan fingerprint density at radius 2 is 2.10 bits per heavy atom. The minimum absolute atomic E-state index is 0.0539. The van der Waals surface area contributed by atoms with Crippen molar-refractivity contribution < 1.29 is 13.2 Å². The number of rotatable bonds is 7. The van der Waals surface area contributed by atoms with E-state index in [9.17, 15) is 8.42 Å². The predicted octanol–water partition coefficient (Wildman–Crippen LogP) is 2.07. The summed E-state index contributed by atoms with van der Waals surface area (Å²) in [6.07, 6.45) is 0. The maximum absolute atomic E-state index is 12.3. The molecule has 0 aromatic heterocycles. The van der Waals surface area contributed by atoms with Gasteiger partial charge in [-0.2, -0.15) is 0 Å². The van der Waals surface area contributed by atoms with Crippen LogP contribution in [0.1, 0.15) is 26.3 Å². The number of sulfonamides is 1. The van der Waals surface area contributed by atoms with Crippen LogP contribution in [0.3, 0.4) is 0 Å². The van der Waals surface area contributed by atoms with Gasteiger partial charge in [-0.15, -0.1) is 0 Å². The van der Waals surface area contributed by atoms with Crippen LogP contribution in [-0.2, 0) is 14.8 Å². The summed E-state index contributed by atoms with van der Waals surface area (Å²) < 4.78 is 32.6. The molecule has 0 aliphatic heterocycles. The van der Waals surface area contributed by atoms with Crippen LogP contribution >= 0.6 is 23.8 Å². The first-order chi connectivity index (χ1) is 9.59. The van der Waals surface area contributed by atoms with E-state index in [0.29, 0.717) is 12.2 Å². The molecule has 0 atom stereocenters. The van der Waals surface area contributed by atoms with Crippen molar-refractivity contribution >= 4 is 38.8 Å². The van der Waals surface area contributed by atoms with Crippen molar-refractivity contribution in [2.75, 3.05) is 13.2 Å². The van der Waals surface area contributed by atoms with E-state index in [4.69, 9.17) is 34.3 Å². The van der Waals surface area contributed by atoms with E-state index >= 15 is 0 Å². The van der Waals surface area contributed by atoms with Gasteiger partial charge >= 0.3 is 0 Å². The van der Waals surface area contributed by atoms with E-state index in [1.807, 2.05) is 6.92 Å². The Bertz CT molecular complexity index is 630. The topological polar surface area (TPSA) is 81.4 Å². The summed E-state index contributed by atoms with van der Waals surface area (Å²) in [7, 11) is -3.78. The number of nitrogens with one attached hydrogen (secondary N) is 1. The normalized spacial score (nSPS) is 12.4. The summed E-state index contributed by atoms with van der Waals surface area (Å²) in [6.45, 7) is 6.06. The highest BCUT2D eigenvalue weighted by atomic mass is 35.5. The SMILES string of the molecule is CCOC(C)(C)CNS(=O)(=O)c1cc(C(N)=S)ccc1Cl. The first-order valence-corrected chi connectivity index (χ1v) is 8.59. The lowest BCUT2D eigenvalue weighted by Crippen LogP contribution is -2.40. The number of hydrogen-bond acceptors (Lipinski definition) is 4. The number of ether oxygens (including phenoxy) is 1. The summed E-state index contributed by atoms with van der Waals surface area (Å²) in [6, 6.07) is 4.40. The zero-order valence-electron chi connectivity index (χ0n) is 12.1. The summed E-state index contributed by atoms with van der Waals surface area (Å²) >= 11 is 10.8. The zero-order chi connectivity index (χ0) is 16.3. The molecule has 0 amide bonds. The van der Waals surface area contributed by atoms with E-state index in [-0.39, 0.29) is 21.5 Å².